The number of amides is 1. The Hall–Kier alpha value is -2.38. The molecule has 2 aromatic rings. The Kier molecular flexibility index (Phi) is 5.60. The van der Waals surface area contributed by atoms with Gasteiger partial charge in [0.2, 0.25) is 10.0 Å². The van der Waals surface area contributed by atoms with Crippen LogP contribution in [-0.4, -0.2) is 37.3 Å². The minimum absolute atomic E-state index is 0.175. The van der Waals surface area contributed by atoms with Gasteiger partial charge >= 0.3 is 0 Å². The number of nitrogens with zero attached hydrogens (tertiary/aromatic N) is 1. The molecule has 0 bridgehead atoms. The molecule has 1 amide bonds. The molecule has 1 fully saturated rings. The zero-order chi connectivity index (χ0) is 22.4. The van der Waals surface area contributed by atoms with E-state index in [1.165, 1.54) is 10.4 Å². The minimum Gasteiger partial charge on any atom is -0.487 e. The van der Waals surface area contributed by atoms with Crippen molar-refractivity contribution in [1.82, 2.24) is 9.62 Å². The van der Waals surface area contributed by atoms with Crippen LogP contribution in [0.25, 0.3) is 0 Å². The number of sulfonamides is 1. The number of rotatable bonds is 4. The Morgan fingerprint density at radius 2 is 1.81 bits per heavy atom. The minimum atomic E-state index is -3.58. The lowest BCUT2D eigenvalue weighted by atomic mass is 9.89. The normalized spacial score (nSPS) is 20.7. The Balaban J connectivity index is 1.63. The second kappa shape index (κ2) is 7.95. The predicted molar refractivity (Wildman–Crippen MR) is 120 cm³/mol. The molecular formula is C24H30N2O4S. The fourth-order valence-electron chi connectivity index (χ4n) is 4.41. The van der Waals surface area contributed by atoms with Crippen molar-refractivity contribution < 1.29 is 17.9 Å². The van der Waals surface area contributed by atoms with Gasteiger partial charge in [0.05, 0.1) is 10.9 Å². The van der Waals surface area contributed by atoms with E-state index in [-0.39, 0.29) is 16.8 Å². The predicted octanol–water partition coefficient (Wildman–Crippen LogP) is 4.12. The average molecular weight is 443 g/mol. The molecule has 1 N–H and O–H groups in total. The highest BCUT2D eigenvalue weighted by Gasteiger charge is 2.35. The van der Waals surface area contributed by atoms with E-state index in [1.54, 1.807) is 12.1 Å². The summed E-state index contributed by atoms with van der Waals surface area (Å²) in [6.07, 6.45) is 2.37. The van der Waals surface area contributed by atoms with E-state index in [1.807, 2.05) is 45.9 Å². The van der Waals surface area contributed by atoms with Crippen molar-refractivity contribution in [3.8, 4) is 5.75 Å². The van der Waals surface area contributed by atoms with Crippen LogP contribution in [0.5, 0.6) is 5.75 Å². The SMILES string of the molecule is Cc1ccc2c(c1)OC(C)(C)C[C@@H]2NC(=O)c1cc(S(=O)(=O)N2CCCC2)ccc1C. The molecule has 166 valence electrons. The molecule has 2 aliphatic heterocycles. The van der Waals surface area contributed by atoms with Gasteiger partial charge in [-0.1, -0.05) is 18.2 Å². The van der Waals surface area contributed by atoms with Crippen LogP contribution in [0.15, 0.2) is 41.3 Å². The molecular weight excluding hydrogens is 412 g/mol. The summed E-state index contributed by atoms with van der Waals surface area (Å²) in [5.41, 5.74) is 2.75. The maximum atomic E-state index is 13.3. The number of benzene rings is 2. The van der Waals surface area contributed by atoms with Crippen molar-refractivity contribution in [3.05, 3.63) is 58.7 Å². The van der Waals surface area contributed by atoms with Crippen molar-refractivity contribution >= 4 is 15.9 Å². The molecule has 7 heteroatoms. The summed E-state index contributed by atoms with van der Waals surface area (Å²) in [5, 5.41) is 3.13. The number of fused-ring (bicyclic) bond motifs is 1. The van der Waals surface area contributed by atoms with Crippen LogP contribution in [0.4, 0.5) is 0 Å². The lowest BCUT2D eigenvalue weighted by Gasteiger charge is -2.38. The van der Waals surface area contributed by atoms with E-state index in [2.05, 4.69) is 5.32 Å². The van der Waals surface area contributed by atoms with Crippen LogP contribution < -0.4 is 10.1 Å². The number of ether oxygens (including phenoxy) is 1. The number of carbonyl (C=O) groups is 1. The molecule has 0 aromatic heterocycles. The third kappa shape index (κ3) is 4.34. The van der Waals surface area contributed by atoms with Gasteiger partial charge in [-0.05, 0) is 69.9 Å². The highest BCUT2D eigenvalue weighted by Crippen LogP contribution is 2.40. The van der Waals surface area contributed by atoms with Gasteiger partial charge in [-0.15, -0.1) is 0 Å². The lowest BCUT2D eigenvalue weighted by Crippen LogP contribution is -2.41. The van der Waals surface area contributed by atoms with Gasteiger partial charge in [0.25, 0.3) is 5.91 Å². The van der Waals surface area contributed by atoms with E-state index in [0.717, 1.165) is 35.3 Å². The van der Waals surface area contributed by atoms with Crippen molar-refractivity contribution in [1.29, 1.82) is 0 Å². The maximum absolute atomic E-state index is 13.3. The summed E-state index contributed by atoms with van der Waals surface area (Å²) in [6, 6.07) is 10.6. The van der Waals surface area contributed by atoms with E-state index < -0.39 is 15.6 Å². The molecule has 4 rings (SSSR count). The van der Waals surface area contributed by atoms with Crippen LogP contribution >= 0.6 is 0 Å². The van der Waals surface area contributed by atoms with Crippen LogP contribution in [-0.2, 0) is 10.0 Å². The molecule has 0 spiro atoms. The quantitative estimate of drug-likeness (QED) is 0.773. The van der Waals surface area contributed by atoms with Crippen LogP contribution in [0.2, 0.25) is 0 Å². The highest BCUT2D eigenvalue weighted by atomic mass is 32.2. The lowest BCUT2D eigenvalue weighted by molar-refractivity contribution is 0.0619. The molecule has 0 radical (unpaired) electrons. The zero-order valence-electron chi connectivity index (χ0n) is 18.6. The van der Waals surface area contributed by atoms with Crippen LogP contribution in [0, 0.1) is 13.8 Å². The highest BCUT2D eigenvalue weighted by molar-refractivity contribution is 7.89. The topological polar surface area (TPSA) is 75.7 Å². The summed E-state index contributed by atoms with van der Waals surface area (Å²) >= 11 is 0. The summed E-state index contributed by atoms with van der Waals surface area (Å²) in [5.74, 6) is 0.508. The first-order chi connectivity index (χ1) is 14.6. The van der Waals surface area contributed by atoms with Gasteiger partial charge in [0.15, 0.2) is 0 Å². The van der Waals surface area contributed by atoms with Gasteiger partial charge in [0.1, 0.15) is 11.4 Å². The molecule has 2 aromatic carbocycles. The Morgan fingerprint density at radius 1 is 1.10 bits per heavy atom. The van der Waals surface area contributed by atoms with Crippen molar-refractivity contribution in [2.45, 2.75) is 63.5 Å². The summed E-state index contributed by atoms with van der Waals surface area (Å²) in [6.45, 7) is 8.91. The third-order valence-electron chi connectivity index (χ3n) is 6.09. The number of hydrogen-bond acceptors (Lipinski definition) is 4. The molecule has 2 heterocycles. The summed E-state index contributed by atoms with van der Waals surface area (Å²) in [7, 11) is -3.58. The van der Waals surface area contributed by atoms with E-state index in [9.17, 15) is 13.2 Å². The average Bonchev–Trinajstić information content (AvgIpc) is 3.22. The van der Waals surface area contributed by atoms with Crippen molar-refractivity contribution in [2.75, 3.05) is 13.1 Å². The first kappa shape index (κ1) is 21.8. The molecule has 0 saturated carbocycles. The second-order valence-corrected chi connectivity index (χ2v) is 11.2. The fourth-order valence-corrected chi connectivity index (χ4v) is 5.95. The van der Waals surface area contributed by atoms with Gasteiger partial charge in [0, 0.05) is 30.6 Å². The van der Waals surface area contributed by atoms with Crippen LogP contribution in [0.3, 0.4) is 0 Å². The number of aryl methyl sites for hydroxylation is 2. The van der Waals surface area contributed by atoms with Gasteiger partial charge in [-0.25, -0.2) is 8.42 Å². The Morgan fingerprint density at radius 3 is 2.52 bits per heavy atom. The number of nitrogens with one attached hydrogen (secondary N) is 1. The summed E-state index contributed by atoms with van der Waals surface area (Å²) in [4.78, 5) is 13.4. The van der Waals surface area contributed by atoms with Gasteiger partial charge in [-0.3, -0.25) is 4.79 Å². The summed E-state index contributed by atoms with van der Waals surface area (Å²) < 4.78 is 33.6. The standard InChI is InChI=1S/C24H30N2O4S/c1-16-7-10-19-21(15-24(3,4)30-22(19)13-16)25-23(27)20-14-18(9-8-17(20)2)31(28,29)26-11-5-6-12-26/h7-10,13-14,21H,5-6,11-12,15H2,1-4H3,(H,25,27)/t21-/m0/s1. The van der Waals surface area contributed by atoms with Gasteiger partial charge in [-0.2, -0.15) is 4.31 Å². The largest absolute Gasteiger partial charge is 0.487 e. The van der Waals surface area contributed by atoms with Crippen molar-refractivity contribution in [2.24, 2.45) is 0 Å². The molecule has 1 saturated heterocycles. The molecule has 0 unspecified atom stereocenters. The maximum Gasteiger partial charge on any atom is 0.252 e. The fraction of sp³-hybridized carbons (Fsp3) is 0.458. The second-order valence-electron chi connectivity index (χ2n) is 9.22. The number of carbonyl (C=O) groups excluding carboxylic acids is 1. The number of hydrogen-bond donors (Lipinski definition) is 1. The molecule has 0 aliphatic carbocycles. The monoisotopic (exact) mass is 442 g/mol. The first-order valence-electron chi connectivity index (χ1n) is 10.8. The first-order valence-corrected chi connectivity index (χ1v) is 12.2. The van der Waals surface area contributed by atoms with E-state index in [0.29, 0.717) is 25.1 Å². The molecule has 1 atom stereocenters. The van der Waals surface area contributed by atoms with E-state index in [4.69, 9.17) is 4.74 Å². The molecule has 2 aliphatic rings. The third-order valence-corrected chi connectivity index (χ3v) is 7.98. The van der Waals surface area contributed by atoms with Crippen LogP contribution in [0.1, 0.15) is 66.2 Å². The smallest absolute Gasteiger partial charge is 0.252 e. The zero-order valence-corrected chi connectivity index (χ0v) is 19.4. The van der Waals surface area contributed by atoms with Crippen molar-refractivity contribution in [3.63, 3.8) is 0 Å². The molecule has 6 nitrogen and oxygen atoms in total. The Bertz CT molecular complexity index is 1120. The Labute approximate surface area is 184 Å². The van der Waals surface area contributed by atoms with E-state index >= 15 is 0 Å². The van der Waals surface area contributed by atoms with Gasteiger partial charge < -0.3 is 10.1 Å². The molecule has 31 heavy (non-hydrogen) atoms.